The molecule has 1 aliphatic carbocycles. The molecule has 0 saturated heterocycles. The van der Waals surface area contributed by atoms with Crippen LogP contribution in [0.1, 0.15) is 5.82 Å². The Balaban J connectivity index is 0.00000146. The van der Waals surface area contributed by atoms with Crippen molar-refractivity contribution in [3.63, 3.8) is 0 Å². The van der Waals surface area contributed by atoms with Crippen LogP contribution in [0.5, 0.6) is 0 Å². The van der Waals surface area contributed by atoms with Crippen molar-refractivity contribution < 1.29 is 24.5 Å². The maximum absolute atomic E-state index is 13.9. The Morgan fingerprint density at radius 3 is 2.62 bits per heavy atom. The summed E-state index contributed by atoms with van der Waals surface area (Å²) in [5.74, 6) is 0.547. The Morgan fingerprint density at radius 2 is 1.83 bits per heavy atom. The zero-order valence-electron chi connectivity index (χ0n) is 12.8. The zero-order valence-corrected chi connectivity index (χ0v) is 15.2. The van der Waals surface area contributed by atoms with E-state index in [2.05, 4.69) is 28.8 Å². The van der Waals surface area contributed by atoms with Crippen LogP contribution in [0.25, 0.3) is 39.0 Å². The number of hydrogen-bond acceptors (Lipinski definition) is 1. The first-order chi connectivity index (χ1) is 11.2. The second kappa shape index (κ2) is 5.37. The van der Waals surface area contributed by atoms with E-state index in [9.17, 15) is 4.39 Å². The van der Waals surface area contributed by atoms with Crippen LogP contribution in [-0.4, -0.2) is 9.55 Å². The molecule has 0 atom stereocenters. The minimum Gasteiger partial charge on any atom is -0.306 e. The first-order valence-electron chi connectivity index (χ1n) is 7.54. The number of benzene rings is 3. The van der Waals surface area contributed by atoms with E-state index in [4.69, 9.17) is 4.98 Å². The standard InChI is InChI=1S/C20H12FN2.Ir/c1-12-22-19-17-11-14(21)10-13-6-5-9-16(18(13)17)20(19)23(12)15-7-3-2-4-8-15;/h2-10H,1H3;/q-1;. The summed E-state index contributed by atoms with van der Waals surface area (Å²) in [6, 6.07) is 20.5. The summed E-state index contributed by atoms with van der Waals surface area (Å²) in [5, 5.41) is 1.93. The Labute approximate surface area is 152 Å². The summed E-state index contributed by atoms with van der Waals surface area (Å²) >= 11 is 0. The van der Waals surface area contributed by atoms with Crippen LogP contribution in [0.3, 0.4) is 0 Å². The molecule has 3 aromatic carbocycles. The molecule has 24 heavy (non-hydrogen) atoms. The van der Waals surface area contributed by atoms with Crippen molar-refractivity contribution in [3.05, 3.63) is 72.3 Å². The molecule has 0 amide bonds. The maximum Gasteiger partial charge on any atom is 0.0997 e. The van der Waals surface area contributed by atoms with E-state index in [0.717, 1.165) is 44.8 Å². The normalized spacial score (nSPS) is 11.4. The number of aryl methyl sites for hydroxylation is 1. The van der Waals surface area contributed by atoms with E-state index in [1.165, 1.54) is 6.07 Å². The topological polar surface area (TPSA) is 17.8 Å². The third-order valence-corrected chi connectivity index (χ3v) is 4.42. The molecule has 4 heteroatoms. The minimum atomic E-state index is -0.343. The van der Waals surface area contributed by atoms with Gasteiger partial charge in [0, 0.05) is 43.0 Å². The monoisotopic (exact) mass is 492 g/mol. The predicted molar refractivity (Wildman–Crippen MR) is 89.0 cm³/mol. The van der Waals surface area contributed by atoms with Gasteiger partial charge in [-0.3, -0.25) is 4.98 Å². The summed E-state index contributed by atoms with van der Waals surface area (Å²) < 4.78 is 16.1. The van der Waals surface area contributed by atoms with Crippen LogP contribution >= 0.6 is 0 Å². The van der Waals surface area contributed by atoms with Gasteiger partial charge in [0.2, 0.25) is 0 Å². The van der Waals surface area contributed by atoms with Gasteiger partial charge in [0.05, 0.1) is 5.82 Å². The number of hydrogen-bond donors (Lipinski definition) is 0. The molecule has 0 fully saturated rings. The zero-order chi connectivity index (χ0) is 15.6. The second-order valence-electron chi connectivity index (χ2n) is 5.79. The van der Waals surface area contributed by atoms with Crippen LogP contribution in [-0.2, 0) is 20.1 Å². The van der Waals surface area contributed by atoms with Crippen LogP contribution in [0, 0.1) is 18.8 Å². The Kier molecular flexibility index (Phi) is 3.41. The number of imidazole rings is 1. The van der Waals surface area contributed by atoms with Gasteiger partial charge in [0.15, 0.2) is 0 Å². The van der Waals surface area contributed by atoms with Crippen LogP contribution in [0.15, 0.2) is 54.6 Å². The van der Waals surface area contributed by atoms with Crippen molar-refractivity contribution in [1.82, 2.24) is 9.55 Å². The number of para-hydroxylation sites is 1. The largest absolute Gasteiger partial charge is 0.306 e. The van der Waals surface area contributed by atoms with Crippen LogP contribution in [0.4, 0.5) is 4.39 Å². The molecule has 1 radical (unpaired) electrons. The molecule has 0 saturated carbocycles. The smallest absolute Gasteiger partial charge is 0.0997 e. The third kappa shape index (κ3) is 1.94. The number of rotatable bonds is 1. The molecule has 0 N–H and O–H groups in total. The van der Waals surface area contributed by atoms with Crippen LogP contribution < -0.4 is 0 Å². The fourth-order valence-electron chi connectivity index (χ4n) is 3.55. The summed E-state index contributed by atoms with van der Waals surface area (Å²) in [6.45, 7) is 1.98. The Bertz CT molecular complexity index is 1080. The van der Waals surface area contributed by atoms with Crippen molar-refractivity contribution >= 4 is 10.8 Å². The van der Waals surface area contributed by atoms with E-state index in [0.29, 0.717) is 0 Å². The average Bonchev–Trinajstić information content (AvgIpc) is 3.04. The van der Waals surface area contributed by atoms with Gasteiger partial charge in [-0.25, -0.2) is 4.39 Å². The van der Waals surface area contributed by atoms with Gasteiger partial charge in [-0.2, -0.15) is 0 Å². The van der Waals surface area contributed by atoms with Crippen molar-refractivity contribution in [3.8, 4) is 28.2 Å². The summed E-state index contributed by atoms with van der Waals surface area (Å²) in [5.41, 5.74) is 4.76. The van der Waals surface area contributed by atoms with Gasteiger partial charge >= 0.3 is 0 Å². The first-order valence-corrected chi connectivity index (χ1v) is 7.54. The summed E-state index contributed by atoms with van der Waals surface area (Å²) in [7, 11) is 0. The molecular formula is C20H12FIrN2-. The molecule has 4 aromatic rings. The molecule has 0 aliphatic heterocycles. The van der Waals surface area contributed by atoms with Crippen molar-refractivity contribution in [2.24, 2.45) is 0 Å². The fraction of sp³-hybridized carbons (Fsp3) is 0.0500. The number of fused-ring (bicyclic) bond motifs is 3. The maximum atomic E-state index is 13.9. The summed E-state index contributed by atoms with van der Waals surface area (Å²) in [6.07, 6.45) is 0. The van der Waals surface area contributed by atoms with Crippen LogP contribution in [0.2, 0.25) is 0 Å². The predicted octanol–water partition coefficient (Wildman–Crippen LogP) is 4.92. The Morgan fingerprint density at radius 1 is 1.04 bits per heavy atom. The second-order valence-corrected chi connectivity index (χ2v) is 5.79. The third-order valence-electron chi connectivity index (χ3n) is 4.42. The van der Waals surface area contributed by atoms with Crippen molar-refractivity contribution in [2.75, 3.05) is 0 Å². The molecule has 2 nitrogen and oxygen atoms in total. The number of aromatic nitrogens is 2. The van der Waals surface area contributed by atoms with Gasteiger partial charge < -0.3 is 4.57 Å². The van der Waals surface area contributed by atoms with Gasteiger partial charge in [-0.15, -0.1) is 11.6 Å². The number of halogens is 1. The molecule has 1 aromatic heterocycles. The quantitative estimate of drug-likeness (QED) is 0.305. The Hall–Kier alpha value is -2.29. The molecule has 0 bridgehead atoms. The SMILES string of the molecule is Cc1nc2c(n1-c1ccccc1)-c1cccc3cc(F)[c-]c-2c13.[Ir]. The van der Waals surface area contributed by atoms with Crippen molar-refractivity contribution in [1.29, 1.82) is 0 Å². The molecular weight excluding hydrogens is 479 g/mol. The van der Waals surface area contributed by atoms with E-state index < -0.39 is 0 Å². The van der Waals surface area contributed by atoms with Gasteiger partial charge in [-0.1, -0.05) is 53.2 Å². The van der Waals surface area contributed by atoms with E-state index >= 15 is 0 Å². The van der Waals surface area contributed by atoms with E-state index in [1.807, 2.05) is 37.3 Å². The van der Waals surface area contributed by atoms with E-state index in [-0.39, 0.29) is 25.9 Å². The molecule has 1 heterocycles. The van der Waals surface area contributed by atoms with E-state index in [1.54, 1.807) is 0 Å². The van der Waals surface area contributed by atoms with Gasteiger partial charge in [-0.05, 0) is 24.6 Å². The van der Waals surface area contributed by atoms with Gasteiger partial charge in [0.25, 0.3) is 0 Å². The molecule has 0 spiro atoms. The average molecular weight is 492 g/mol. The molecule has 1 aliphatic rings. The van der Waals surface area contributed by atoms with Gasteiger partial charge in [0.1, 0.15) is 0 Å². The fourth-order valence-corrected chi connectivity index (χ4v) is 3.55. The first kappa shape index (κ1) is 15.2. The number of nitrogens with zero attached hydrogens (tertiary/aromatic N) is 2. The minimum absolute atomic E-state index is 0. The molecule has 5 rings (SSSR count). The van der Waals surface area contributed by atoms with Crippen molar-refractivity contribution in [2.45, 2.75) is 6.92 Å². The summed E-state index contributed by atoms with van der Waals surface area (Å²) in [4.78, 5) is 4.71. The molecule has 0 unspecified atom stereocenters. The molecule has 119 valence electrons.